The van der Waals surface area contributed by atoms with E-state index in [-0.39, 0.29) is 22.3 Å². The fraction of sp³-hybridized carbons (Fsp3) is 0.500. The van der Waals surface area contributed by atoms with Crippen LogP contribution in [0.4, 0.5) is 10.2 Å². The number of anilines is 1. The monoisotopic (exact) mass is 513 g/mol. The summed E-state index contributed by atoms with van der Waals surface area (Å²) in [5, 5.41) is 4.75. The van der Waals surface area contributed by atoms with Crippen molar-refractivity contribution in [1.29, 1.82) is 0 Å². The number of carbonyl (C=O) groups is 1. The Balaban J connectivity index is 1.48. The molecule has 2 aliphatic heterocycles. The molecule has 0 radical (unpaired) electrons. The summed E-state index contributed by atoms with van der Waals surface area (Å²) in [4.78, 5) is 22.3. The van der Waals surface area contributed by atoms with Crippen LogP contribution in [0.3, 0.4) is 0 Å². The Labute approximate surface area is 211 Å². The minimum Gasteiger partial charge on any atom is -0.356 e. The quantitative estimate of drug-likeness (QED) is 0.476. The van der Waals surface area contributed by atoms with Crippen molar-refractivity contribution >= 4 is 27.2 Å². The molecule has 2 atom stereocenters. The van der Waals surface area contributed by atoms with Crippen molar-refractivity contribution in [2.24, 2.45) is 5.92 Å². The van der Waals surface area contributed by atoms with Gasteiger partial charge in [0.1, 0.15) is 11.6 Å². The highest BCUT2D eigenvalue weighted by atomic mass is 32.2. The molecule has 2 aliphatic rings. The van der Waals surface area contributed by atoms with Gasteiger partial charge in [0.2, 0.25) is 0 Å². The molecule has 0 N–H and O–H groups in total. The van der Waals surface area contributed by atoms with Crippen LogP contribution in [0.25, 0.3) is 5.65 Å². The lowest BCUT2D eigenvalue weighted by atomic mass is 9.98. The van der Waals surface area contributed by atoms with Crippen LogP contribution in [0.15, 0.2) is 35.4 Å². The first-order valence-electron chi connectivity index (χ1n) is 12.6. The van der Waals surface area contributed by atoms with E-state index in [2.05, 4.69) is 11.8 Å². The molecule has 0 saturated carbocycles. The van der Waals surface area contributed by atoms with Crippen LogP contribution >= 0.6 is 0 Å². The van der Waals surface area contributed by atoms with E-state index in [4.69, 9.17) is 10.1 Å². The Morgan fingerprint density at radius 2 is 1.97 bits per heavy atom. The van der Waals surface area contributed by atoms with Crippen LogP contribution in [-0.4, -0.2) is 59.2 Å². The fourth-order valence-electron chi connectivity index (χ4n) is 5.29. The van der Waals surface area contributed by atoms with Gasteiger partial charge in [-0.3, -0.25) is 4.79 Å². The summed E-state index contributed by atoms with van der Waals surface area (Å²) in [5.74, 6) is 0.237. The molecule has 0 aliphatic carbocycles. The number of hydrogen-bond acceptors (Lipinski definition) is 6. The molecule has 0 bridgehead atoms. The van der Waals surface area contributed by atoms with Crippen molar-refractivity contribution in [3.05, 3.63) is 53.1 Å². The predicted octanol–water partition coefficient (Wildman–Crippen LogP) is 4.18. The van der Waals surface area contributed by atoms with Gasteiger partial charge in [0.15, 0.2) is 15.5 Å². The first kappa shape index (κ1) is 24.7. The minimum atomic E-state index is -3.57. The first-order valence-corrected chi connectivity index (χ1v) is 14.3. The molecule has 0 spiro atoms. The minimum absolute atomic E-state index is 0.0422. The number of aromatic nitrogens is 3. The largest absolute Gasteiger partial charge is 0.356 e. The molecule has 10 heteroatoms. The molecule has 0 unspecified atom stereocenters. The van der Waals surface area contributed by atoms with Crippen molar-refractivity contribution in [2.75, 3.05) is 30.3 Å². The number of aryl methyl sites for hydroxylation is 1. The number of benzene rings is 1. The number of sulfone groups is 1. The summed E-state index contributed by atoms with van der Waals surface area (Å²) in [6.07, 6.45) is 5.52. The molecule has 2 fully saturated rings. The predicted molar refractivity (Wildman–Crippen MR) is 135 cm³/mol. The van der Waals surface area contributed by atoms with E-state index in [9.17, 15) is 17.6 Å². The van der Waals surface area contributed by atoms with Crippen LogP contribution in [0, 0.1) is 18.7 Å². The normalized spacial score (nSPS) is 20.9. The Bertz CT molecular complexity index is 1420. The molecule has 5 rings (SSSR count). The standard InChI is InChI=1S/C26H32FN5O3S/c1-4-36(34,35)19-8-9-21(27)20(13-19)26(33)31-11-6-5-7-23(31)22-14-24-28-25(18(3)16-32(24)29-22)30-12-10-17(2)15-30/h8-9,13-14,16-17,23H,4-7,10-12,15H2,1-3H3/t17-,23-/m0/s1. The van der Waals surface area contributed by atoms with Gasteiger partial charge in [0.05, 0.1) is 27.9 Å². The van der Waals surface area contributed by atoms with E-state index in [0.29, 0.717) is 30.2 Å². The number of amides is 1. The number of hydrogen-bond donors (Lipinski definition) is 0. The van der Waals surface area contributed by atoms with E-state index in [1.165, 1.54) is 19.1 Å². The van der Waals surface area contributed by atoms with Gasteiger partial charge in [-0.2, -0.15) is 5.10 Å². The van der Waals surface area contributed by atoms with E-state index < -0.39 is 21.6 Å². The SMILES string of the molecule is CCS(=O)(=O)c1ccc(F)c(C(=O)N2CCCC[C@H]2c2cc3nc(N4CC[C@H](C)C4)c(C)cn3n2)c1. The number of fused-ring (bicyclic) bond motifs is 1. The summed E-state index contributed by atoms with van der Waals surface area (Å²) in [6.45, 7) is 8.21. The fourth-order valence-corrected chi connectivity index (χ4v) is 6.20. The maximum atomic E-state index is 14.8. The second kappa shape index (κ2) is 9.46. The number of likely N-dealkylation sites (tertiary alicyclic amines) is 1. The first-order chi connectivity index (χ1) is 17.2. The lowest BCUT2D eigenvalue weighted by molar-refractivity contribution is 0.0600. The van der Waals surface area contributed by atoms with Crippen LogP contribution in [0.5, 0.6) is 0 Å². The van der Waals surface area contributed by atoms with Crippen molar-refractivity contribution in [1.82, 2.24) is 19.5 Å². The summed E-state index contributed by atoms with van der Waals surface area (Å²) < 4.78 is 41.2. The second-order valence-corrected chi connectivity index (χ2v) is 12.3. The van der Waals surface area contributed by atoms with Gasteiger partial charge in [-0.1, -0.05) is 13.8 Å². The highest BCUT2D eigenvalue weighted by Crippen LogP contribution is 2.33. The molecule has 1 aromatic carbocycles. The van der Waals surface area contributed by atoms with Crippen LogP contribution in [0.1, 0.15) is 67.2 Å². The van der Waals surface area contributed by atoms with Gasteiger partial charge in [0.25, 0.3) is 5.91 Å². The molecule has 192 valence electrons. The molecular weight excluding hydrogens is 481 g/mol. The van der Waals surface area contributed by atoms with Gasteiger partial charge in [-0.15, -0.1) is 0 Å². The third-order valence-electron chi connectivity index (χ3n) is 7.36. The summed E-state index contributed by atoms with van der Waals surface area (Å²) in [7, 11) is -3.57. The van der Waals surface area contributed by atoms with Crippen molar-refractivity contribution in [3.63, 3.8) is 0 Å². The van der Waals surface area contributed by atoms with E-state index >= 15 is 0 Å². The Morgan fingerprint density at radius 1 is 1.17 bits per heavy atom. The zero-order chi connectivity index (χ0) is 25.6. The van der Waals surface area contributed by atoms with Gasteiger partial charge < -0.3 is 9.80 Å². The number of carbonyl (C=O) groups excluding carboxylic acids is 1. The van der Waals surface area contributed by atoms with E-state index in [0.717, 1.165) is 49.8 Å². The molecule has 8 nitrogen and oxygen atoms in total. The maximum absolute atomic E-state index is 14.8. The smallest absolute Gasteiger partial charge is 0.257 e. The highest BCUT2D eigenvalue weighted by molar-refractivity contribution is 7.91. The summed E-state index contributed by atoms with van der Waals surface area (Å²) in [5.41, 5.74) is 2.24. The highest BCUT2D eigenvalue weighted by Gasteiger charge is 2.33. The zero-order valence-corrected chi connectivity index (χ0v) is 21.8. The third kappa shape index (κ3) is 4.47. The molecule has 1 amide bonds. The molecular formula is C26H32FN5O3S. The molecule has 2 aromatic heterocycles. The average Bonchev–Trinajstić information content (AvgIpc) is 3.48. The van der Waals surface area contributed by atoms with Crippen molar-refractivity contribution in [3.8, 4) is 0 Å². The van der Waals surface area contributed by atoms with Crippen LogP contribution in [0.2, 0.25) is 0 Å². The van der Waals surface area contributed by atoms with Crippen molar-refractivity contribution < 1.29 is 17.6 Å². The van der Waals surface area contributed by atoms with Crippen LogP contribution < -0.4 is 4.90 Å². The van der Waals surface area contributed by atoms with Gasteiger partial charge in [-0.05, 0) is 56.7 Å². The summed E-state index contributed by atoms with van der Waals surface area (Å²) in [6, 6.07) is 5.02. The maximum Gasteiger partial charge on any atom is 0.257 e. The lowest BCUT2D eigenvalue weighted by Crippen LogP contribution is -2.39. The molecule has 2 saturated heterocycles. The second-order valence-electron chi connectivity index (χ2n) is 10.0. The number of piperidine rings is 1. The van der Waals surface area contributed by atoms with E-state index in [1.54, 1.807) is 9.42 Å². The summed E-state index contributed by atoms with van der Waals surface area (Å²) >= 11 is 0. The molecule has 36 heavy (non-hydrogen) atoms. The number of rotatable bonds is 5. The van der Waals surface area contributed by atoms with Gasteiger partial charge >= 0.3 is 0 Å². The van der Waals surface area contributed by atoms with Crippen molar-refractivity contribution in [2.45, 2.75) is 57.4 Å². The van der Waals surface area contributed by atoms with E-state index in [1.807, 2.05) is 19.2 Å². The van der Waals surface area contributed by atoms with Crippen LogP contribution in [-0.2, 0) is 9.84 Å². The topological polar surface area (TPSA) is 87.9 Å². The Morgan fingerprint density at radius 3 is 2.69 bits per heavy atom. The van der Waals surface area contributed by atoms with Gasteiger partial charge in [0, 0.05) is 37.5 Å². The zero-order valence-electron chi connectivity index (χ0n) is 20.9. The van der Waals surface area contributed by atoms with Gasteiger partial charge in [-0.25, -0.2) is 22.3 Å². The molecule has 3 aromatic rings. The molecule has 4 heterocycles. The third-order valence-corrected chi connectivity index (χ3v) is 9.09. The number of nitrogens with zero attached hydrogens (tertiary/aromatic N) is 5. The Hall–Kier alpha value is -3.01. The average molecular weight is 514 g/mol. The number of halogens is 1. The Kier molecular flexibility index (Phi) is 6.48. The lowest BCUT2D eigenvalue weighted by Gasteiger charge is -2.35.